The second-order valence-electron chi connectivity index (χ2n) is 8.02. The Bertz CT molecular complexity index is 1140. The second-order valence-corrected chi connectivity index (χ2v) is 8.02. The smallest absolute Gasteiger partial charge is 0.340 e. The molecule has 4 N–H and O–H groups in total. The van der Waals surface area contributed by atoms with Gasteiger partial charge < -0.3 is 30.4 Å². The molecule has 0 fully saturated rings. The summed E-state index contributed by atoms with van der Waals surface area (Å²) in [5.41, 5.74) is 12.9. The summed E-state index contributed by atoms with van der Waals surface area (Å²) < 4.78 is 24.1. The first-order valence-corrected chi connectivity index (χ1v) is 11.1. The molecule has 0 bridgehead atoms. The summed E-state index contributed by atoms with van der Waals surface area (Å²) in [6.07, 6.45) is 1.50. The van der Waals surface area contributed by atoms with Crippen molar-refractivity contribution in [2.45, 2.75) is 18.4 Å². The van der Waals surface area contributed by atoms with Crippen LogP contribution in [0, 0.1) is 0 Å². The van der Waals surface area contributed by atoms with Crippen LogP contribution in [0.15, 0.2) is 60.7 Å². The molecule has 2 aliphatic rings. The molecule has 0 saturated heterocycles. The maximum atomic E-state index is 12.9. The number of carbonyl (C=O) groups is 1. The second kappa shape index (κ2) is 11.2. The predicted molar refractivity (Wildman–Crippen MR) is 138 cm³/mol. The number of hydrogen-bond acceptors (Lipinski definition) is 7. The van der Waals surface area contributed by atoms with E-state index in [0.717, 1.165) is 29.5 Å². The molecule has 186 valence electrons. The fraction of sp³-hybridized carbons (Fsp3) is 0.269. The number of nitrogens with two attached hydrogens (primary N) is 2. The van der Waals surface area contributed by atoms with Crippen LogP contribution in [-0.2, 0) is 10.3 Å². The van der Waals surface area contributed by atoms with Gasteiger partial charge in [-0.25, -0.2) is 4.79 Å². The van der Waals surface area contributed by atoms with Gasteiger partial charge in [-0.2, -0.15) is 0 Å². The van der Waals surface area contributed by atoms with Gasteiger partial charge in [0.1, 0.15) is 23.0 Å². The Kier molecular flexibility index (Phi) is 8.51. The van der Waals surface area contributed by atoms with Gasteiger partial charge >= 0.3 is 5.97 Å². The number of benzene rings is 3. The maximum absolute atomic E-state index is 12.9. The minimum Gasteiger partial charge on any atom is -0.493 e. The summed E-state index contributed by atoms with van der Waals surface area (Å²) in [5, 5.41) is 0. The topological polar surface area (TPSA) is 106 Å². The molecular weight excluding hydrogens is 491 g/mol. The molecule has 35 heavy (non-hydrogen) atoms. The van der Waals surface area contributed by atoms with Crippen LogP contribution in [0.5, 0.6) is 23.0 Å². The van der Waals surface area contributed by atoms with E-state index in [0.29, 0.717) is 54.9 Å². The highest BCUT2D eigenvalue weighted by atomic mass is 35.5. The lowest BCUT2D eigenvalue weighted by Gasteiger charge is -2.36. The number of esters is 1. The van der Waals surface area contributed by atoms with Gasteiger partial charge in [0, 0.05) is 28.8 Å². The van der Waals surface area contributed by atoms with Crippen molar-refractivity contribution >= 4 is 30.8 Å². The lowest BCUT2D eigenvalue weighted by atomic mass is 9.77. The lowest BCUT2D eigenvalue weighted by molar-refractivity contribution is 0.0224. The van der Waals surface area contributed by atoms with Gasteiger partial charge in [-0.1, -0.05) is 18.2 Å². The summed E-state index contributed by atoms with van der Waals surface area (Å²) in [7, 11) is 0. The zero-order chi connectivity index (χ0) is 22.8. The first-order valence-electron chi connectivity index (χ1n) is 11.1. The standard InChI is InChI=1S/C26H26N2O5.2ClH/c27-11-3-13-30-17-7-9-21-23(15-17)32-24-16-18(31-14-4-12-28)8-10-22(24)26(21)20-6-2-1-5-19(20)25(29)33-26;;/h1-2,5-10,15-16H,3-4,11-14,27-28H2;2*1H. The van der Waals surface area contributed by atoms with Crippen molar-refractivity contribution in [3.63, 3.8) is 0 Å². The third-order valence-corrected chi connectivity index (χ3v) is 5.89. The molecule has 0 radical (unpaired) electrons. The van der Waals surface area contributed by atoms with Crippen LogP contribution in [-0.4, -0.2) is 32.3 Å². The largest absolute Gasteiger partial charge is 0.493 e. The van der Waals surface area contributed by atoms with Gasteiger partial charge in [0.15, 0.2) is 5.60 Å². The molecule has 1 spiro atoms. The van der Waals surface area contributed by atoms with Crippen molar-refractivity contribution in [2.75, 3.05) is 26.3 Å². The lowest BCUT2D eigenvalue weighted by Crippen LogP contribution is -2.33. The Morgan fingerprint density at radius 2 is 1.29 bits per heavy atom. The molecule has 9 heteroatoms. The van der Waals surface area contributed by atoms with E-state index in [1.807, 2.05) is 54.6 Å². The van der Waals surface area contributed by atoms with E-state index in [9.17, 15) is 4.79 Å². The monoisotopic (exact) mass is 518 g/mol. The number of fused-ring (bicyclic) bond motifs is 6. The van der Waals surface area contributed by atoms with Crippen molar-refractivity contribution in [1.29, 1.82) is 0 Å². The third kappa shape index (κ3) is 4.65. The predicted octanol–water partition coefficient (Wildman–Crippen LogP) is 4.55. The summed E-state index contributed by atoms with van der Waals surface area (Å²) in [4.78, 5) is 12.9. The number of rotatable bonds is 8. The van der Waals surface area contributed by atoms with E-state index in [1.54, 1.807) is 6.07 Å². The first-order chi connectivity index (χ1) is 16.2. The van der Waals surface area contributed by atoms with Gasteiger partial charge in [-0.05, 0) is 56.3 Å². The van der Waals surface area contributed by atoms with Crippen LogP contribution in [0.2, 0.25) is 0 Å². The Balaban J connectivity index is 0.00000171. The molecular formula is C26H28Cl2N2O5. The van der Waals surface area contributed by atoms with E-state index in [-0.39, 0.29) is 30.8 Å². The number of hydrogen-bond donors (Lipinski definition) is 2. The molecule has 2 aliphatic heterocycles. The van der Waals surface area contributed by atoms with Crippen molar-refractivity contribution in [2.24, 2.45) is 11.5 Å². The molecule has 0 atom stereocenters. The van der Waals surface area contributed by atoms with E-state index >= 15 is 0 Å². The number of ether oxygens (including phenoxy) is 4. The number of carbonyl (C=O) groups excluding carboxylic acids is 1. The van der Waals surface area contributed by atoms with Crippen LogP contribution in [0.4, 0.5) is 0 Å². The molecule has 7 nitrogen and oxygen atoms in total. The fourth-order valence-corrected chi connectivity index (χ4v) is 4.36. The Labute approximate surface area is 216 Å². The van der Waals surface area contributed by atoms with E-state index in [1.165, 1.54) is 0 Å². The molecule has 2 heterocycles. The molecule has 0 amide bonds. The van der Waals surface area contributed by atoms with Crippen molar-refractivity contribution in [3.8, 4) is 23.0 Å². The molecule has 0 aromatic heterocycles. The molecule has 3 aromatic rings. The Morgan fingerprint density at radius 1 is 0.743 bits per heavy atom. The molecule has 0 saturated carbocycles. The van der Waals surface area contributed by atoms with Gasteiger partial charge in [0.25, 0.3) is 0 Å². The van der Waals surface area contributed by atoms with Crippen LogP contribution in [0.3, 0.4) is 0 Å². The fourth-order valence-electron chi connectivity index (χ4n) is 4.36. The number of halogens is 2. The zero-order valence-electron chi connectivity index (χ0n) is 19.0. The van der Waals surface area contributed by atoms with E-state index < -0.39 is 5.60 Å². The van der Waals surface area contributed by atoms with Crippen LogP contribution >= 0.6 is 24.8 Å². The molecule has 5 rings (SSSR count). The van der Waals surface area contributed by atoms with Gasteiger partial charge in [0.2, 0.25) is 0 Å². The van der Waals surface area contributed by atoms with Crippen molar-refractivity contribution in [3.05, 3.63) is 82.9 Å². The minimum atomic E-state index is -1.11. The zero-order valence-corrected chi connectivity index (χ0v) is 20.7. The normalized spacial score (nSPS) is 13.8. The van der Waals surface area contributed by atoms with Gasteiger partial charge in [-0.15, -0.1) is 24.8 Å². The highest BCUT2D eigenvalue weighted by molar-refractivity contribution is 5.97. The molecule has 3 aromatic carbocycles. The Hall–Kier alpha value is -2.97. The highest BCUT2D eigenvalue weighted by Gasteiger charge is 2.53. The maximum Gasteiger partial charge on any atom is 0.340 e. The Morgan fingerprint density at radius 3 is 1.83 bits per heavy atom. The van der Waals surface area contributed by atoms with E-state index in [4.69, 9.17) is 30.4 Å². The first kappa shape index (κ1) is 26.6. The van der Waals surface area contributed by atoms with Gasteiger partial charge in [-0.3, -0.25) is 0 Å². The van der Waals surface area contributed by atoms with Crippen molar-refractivity contribution < 1.29 is 23.7 Å². The van der Waals surface area contributed by atoms with Gasteiger partial charge in [0.05, 0.1) is 18.8 Å². The summed E-state index contributed by atoms with van der Waals surface area (Å²) in [6.45, 7) is 2.12. The highest BCUT2D eigenvalue weighted by Crippen LogP contribution is 2.57. The molecule has 0 aliphatic carbocycles. The SMILES string of the molecule is Cl.Cl.NCCCOc1ccc2c(c1)Oc1cc(OCCCN)ccc1C21OC(=O)c2ccccc21. The average Bonchev–Trinajstić information content (AvgIpc) is 3.12. The minimum absolute atomic E-state index is 0. The van der Waals surface area contributed by atoms with Crippen LogP contribution in [0.25, 0.3) is 0 Å². The summed E-state index contributed by atoms with van der Waals surface area (Å²) >= 11 is 0. The average molecular weight is 519 g/mol. The van der Waals surface area contributed by atoms with E-state index in [2.05, 4.69) is 0 Å². The van der Waals surface area contributed by atoms with Crippen molar-refractivity contribution in [1.82, 2.24) is 0 Å². The van der Waals surface area contributed by atoms with Crippen LogP contribution < -0.4 is 25.7 Å². The third-order valence-electron chi connectivity index (χ3n) is 5.89. The van der Waals surface area contributed by atoms with Crippen LogP contribution in [0.1, 0.15) is 39.9 Å². The quantitative estimate of drug-likeness (QED) is 0.332. The molecule has 0 unspecified atom stereocenters. The summed E-state index contributed by atoms with van der Waals surface area (Å²) in [5.74, 6) is 2.09. The summed E-state index contributed by atoms with van der Waals surface area (Å²) in [6, 6.07) is 18.6.